The summed E-state index contributed by atoms with van der Waals surface area (Å²) in [5.41, 5.74) is 4.83. The van der Waals surface area contributed by atoms with Crippen molar-refractivity contribution < 1.29 is 13.2 Å². The van der Waals surface area contributed by atoms with Crippen LogP contribution in [0.15, 0.2) is 42.5 Å². The summed E-state index contributed by atoms with van der Waals surface area (Å²) in [6.45, 7) is 6.70. The van der Waals surface area contributed by atoms with E-state index in [0.717, 1.165) is 27.9 Å². The fourth-order valence-corrected chi connectivity index (χ4v) is 5.18. The Bertz CT molecular complexity index is 924. The Labute approximate surface area is 167 Å². The molecule has 5 nitrogen and oxygen atoms in total. The lowest BCUT2D eigenvalue weighted by atomic mass is 9.96. The summed E-state index contributed by atoms with van der Waals surface area (Å²) in [7, 11) is -3.37. The third-order valence-electron chi connectivity index (χ3n) is 5.42. The van der Waals surface area contributed by atoms with E-state index in [1.165, 1.54) is 4.31 Å². The maximum absolute atomic E-state index is 12.7. The number of rotatable bonds is 5. The van der Waals surface area contributed by atoms with E-state index in [1.807, 2.05) is 63.2 Å². The van der Waals surface area contributed by atoms with Gasteiger partial charge in [-0.15, -0.1) is 0 Å². The van der Waals surface area contributed by atoms with Gasteiger partial charge in [0.1, 0.15) is 0 Å². The van der Waals surface area contributed by atoms with Crippen LogP contribution in [-0.4, -0.2) is 31.7 Å². The predicted molar refractivity (Wildman–Crippen MR) is 113 cm³/mol. The summed E-state index contributed by atoms with van der Waals surface area (Å²) in [4.78, 5) is 12.7. The highest BCUT2D eigenvalue weighted by atomic mass is 32.2. The van der Waals surface area contributed by atoms with Crippen LogP contribution in [0, 0.1) is 26.7 Å². The van der Waals surface area contributed by atoms with Crippen LogP contribution in [0.2, 0.25) is 0 Å². The third kappa shape index (κ3) is 4.80. The zero-order valence-corrected chi connectivity index (χ0v) is 17.6. The van der Waals surface area contributed by atoms with E-state index in [1.54, 1.807) is 0 Å². The van der Waals surface area contributed by atoms with E-state index in [0.29, 0.717) is 25.9 Å². The molecule has 0 aromatic heterocycles. The van der Waals surface area contributed by atoms with Crippen LogP contribution in [-0.2, 0) is 20.6 Å². The number of para-hydroxylation sites is 1. The van der Waals surface area contributed by atoms with Gasteiger partial charge in [0.25, 0.3) is 0 Å². The zero-order chi connectivity index (χ0) is 20.3. The molecule has 1 saturated heterocycles. The first-order valence-corrected chi connectivity index (χ1v) is 11.3. The molecule has 1 amide bonds. The van der Waals surface area contributed by atoms with Gasteiger partial charge in [-0.25, -0.2) is 12.7 Å². The highest BCUT2D eigenvalue weighted by Crippen LogP contribution is 2.25. The number of anilines is 1. The van der Waals surface area contributed by atoms with Crippen molar-refractivity contribution in [3.8, 4) is 0 Å². The van der Waals surface area contributed by atoms with Gasteiger partial charge in [0.05, 0.1) is 5.75 Å². The molecule has 0 unspecified atom stereocenters. The van der Waals surface area contributed by atoms with Crippen molar-refractivity contribution in [1.29, 1.82) is 0 Å². The van der Waals surface area contributed by atoms with Crippen molar-refractivity contribution >= 4 is 21.6 Å². The van der Waals surface area contributed by atoms with E-state index in [9.17, 15) is 13.2 Å². The molecular formula is C22H28N2O3S. The first-order chi connectivity index (χ1) is 13.3. The Hall–Kier alpha value is -2.18. The van der Waals surface area contributed by atoms with Crippen LogP contribution in [0.25, 0.3) is 0 Å². The van der Waals surface area contributed by atoms with Crippen molar-refractivity contribution in [2.45, 2.75) is 39.4 Å². The Morgan fingerprint density at radius 3 is 2.14 bits per heavy atom. The average Bonchev–Trinajstić information content (AvgIpc) is 2.66. The fraction of sp³-hybridized carbons (Fsp3) is 0.409. The van der Waals surface area contributed by atoms with Gasteiger partial charge < -0.3 is 5.32 Å². The number of hydrogen-bond acceptors (Lipinski definition) is 3. The number of piperidine rings is 1. The number of benzene rings is 2. The van der Waals surface area contributed by atoms with Crippen LogP contribution >= 0.6 is 0 Å². The SMILES string of the molecule is Cc1ccc(CS(=O)(=O)N2CCC(C(=O)Nc3c(C)cccc3C)CC2)cc1. The lowest BCUT2D eigenvalue weighted by Gasteiger charge is -2.30. The largest absolute Gasteiger partial charge is 0.325 e. The second-order valence-electron chi connectivity index (χ2n) is 7.67. The minimum atomic E-state index is -3.37. The number of carbonyl (C=O) groups excluding carboxylic acids is 1. The van der Waals surface area contributed by atoms with E-state index < -0.39 is 10.0 Å². The second kappa shape index (κ2) is 8.45. The molecule has 28 heavy (non-hydrogen) atoms. The topological polar surface area (TPSA) is 66.5 Å². The first kappa shape index (κ1) is 20.6. The molecule has 2 aromatic rings. The maximum Gasteiger partial charge on any atom is 0.227 e. The number of amides is 1. The van der Waals surface area contributed by atoms with Gasteiger partial charge in [-0.3, -0.25) is 4.79 Å². The van der Waals surface area contributed by atoms with Crippen molar-refractivity contribution in [2.24, 2.45) is 5.92 Å². The van der Waals surface area contributed by atoms with Crippen LogP contribution in [0.5, 0.6) is 0 Å². The third-order valence-corrected chi connectivity index (χ3v) is 7.27. The quantitative estimate of drug-likeness (QED) is 0.830. The normalized spacial score (nSPS) is 16.1. The maximum atomic E-state index is 12.7. The smallest absolute Gasteiger partial charge is 0.227 e. The zero-order valence-electron chi connectivity index (χ0n) is 16.7. The molecule has 0 spiro atoms. The monoisotopic (exact) mass is 400 g/mol. The van der Waals surface area contributed by atoms with E-state index in [2.05, 4.69) is 5.32 Å². The molecule has 0 radical (unpaired) electrons. The highest BCUT2D eigenvalue weighted by Gasteiger charge is 2.31. The van der Waals surface area contributed by atoms with Gasteiger partial charge in [-0.1, -0.05) is 48.0 Å². The average molecular weight is 401 g/mol. The van der Waals surface area contributed by atoms with E-state index >= 15 is 0 Å². The molecule has 0 atom stereocenters. The van der Waals surface area contributed by atoms with Gasteiger partial charge >= 0.3 is 0 Å². The van der Waals surface area contributed by atoms with Gasteiger partial charge in [0.2, 0.25) is 15.9 Å². The predicted octanol–water partition coefficient (Wildman–Crippen LogP) is 3.79. The van der Waals surface area contributed by atoms with Crippen molar-refractivity contribution in [2.75, 3.05) is 18.4 Å². The van der Waals surface area contributed by atoms with Gasteiger partial charge in [0, 0.05) is 24.7 Å². The van der Waals surface area contributed by atoms with Crippen molar-refractivity contribution in [3.63, 3.8) is 0 Å². The number of nitrogens with zero attached hydrogens (tertiary/aromatic N) is 1. The second-order valence-corrected chi connectivity index (χ2v) is 9.64. The Morgan fingerprint density at radius 1 is 1.00 bits per heavy atom. The lowest BCUT2D eigenvalue weighted by molar-refractivity contribution is -0.120. The summed E-state index contributed by atoms with van der Waals surface area (Å²) in [6.07, 6.45) is 1.09. The molecule has 1 aliphatic rings. The molecule has 0 bridgehead atoms. The summed E-state index contributed by atoms with van der Waals surface area (Å²) in [5.74, 6) is -0.176. The molecule has 1 N–H and O–H groups in total. The lowest BCUT2D eigenvalue weighted by Crippen LogP contribution is -2.42. The minimum Gasteiger partial charge on any atom is -0.325 e. The molecule has 1 heterocycles. The molecular weight excluding hydrogens is 372 g/mol. The summed E-state index contributed by atoms with van der Waals surface area (Å²) < 4.78 is 27.0. The number of hydrogen-bond donors (Lipinski definition) is 1. The fourth-order valence-electron chi connectivity index (χ4n) is 3.62. The minimum absolute atomic E-state index is 0.00650. The van der Waals surface area contributed by atoms with Gasteiger partial charge in [-0.05, 0) is 50.3 Å². The molecule has 1 fully saturated rings. The number of nitrogens with one attached hydrogen (secondary N) is 1. The van der Waals surface area contributed by atoms with Gasteiger partial charge in [-0.2, -0.15) is 0 Å². The summed E-state index contributed by atoms with van der Waals surface area (Å²) in [5, 5.41) is 3.04. The molecule has 0 saturated carbocycles. The first-order valence-electron chi connectivity index (χ1n) is 9.67. The molecule has 150 valence electrons. The van der Waals surface area contributed by atoms with Crippen LogP contribution < -0.4 is 5.32 Å². The van der Waals surface area contributed by atoms with Crippen LogP contribution in [0.1, 0.15) is 35.1 Å². The highest BCUT2D eigenvalue weighted by molar-refractivity contribution is 7.88. The Kier molecular flexibility index (Phi) is 6.20. The van der Waals surface area contributed by atoms with Crippen molar-refractivity contribution in [1.82, 2.24) is 4.31 Å². The standard InChI is InChI=1S/C22H28N2O3S/c1-16-7-9-19(10-8-16)15-28(26,27)24-13-11-20(12-14-24)22(25)23-21-17(2)5-4-6-18(21)3/h4-10,20H,11-15H2,1-3H3,(H,23,25). The molecule has 1 aliphatic heterocycles. The molecule has 6 heteroatoms. The summed E-state index contributed by atoms with van der Waals surface area (Å²) >= 11 is 0. The summed E-state index contributed by atoms with van der Waals surface area (Å²) in [6, 6.07) is 13.5. The number of sulfonamides is 1. The van der Waals surface area contributed by atoms with Crippen LogP contribution in [0.3, 0.4) is 0 Å². The Balaban J connectivity index is 1.59. The molecule has 3 rings (SSSR count). The van der Waals surface area contributed by atoms with Gasteiger partial charge in [0.15, 0.2) is 0 Å². The van der Waals surface area contributed by atoms with Crippen LogP contribution in [0.4, 0.5) is 5.69 Å². The molecule has 0 aliphatic carbocycles. The molecule has 2 aromatic carbocycles. The van der Waals surface area contributed by atoms with E-state index in [4.69, 9.17) is 0 Å². The Morgan fingerprint density at radius 2 is 1.57 bits per heavy atom. The van der Waals surface area contributed by atoms with E-state index in [-0.39, 0.29) is 17.6 Å². The van der Waals surface area contributed by atoms with Crippen molar-refractivity contribution in [3.05, 3.63) is 64.7 Å². The number of carbonyl (C=O) groups is 1. The number of aryl methyl sites for hydroxylation is 3.